The topological polar surface area (TPSA) is 112 Å². The molecule has 0 amide bonds. The van der Waals surface area contributed by atoms with E-state index in [1.807, 2.05) is 13.0 Å². The Hall–Kier alpha value is -3.05. The molecule has 0 saturated heterocycles. The number of hydrogen-bond donors (Lipinski definition) is 1. The van der Waals surface area contributed by atoms with E-state index >= 15 is 0 Å². The predicted octanol–water partition coefficient (Wildman–Crippen LogP) is 3.52. The summed E-state index contributed by atoms with van der Waals surface area (Å²) in [6.45, 7) is 4.20. The summed E-state index contributed by atoms with van der Waals surface area (Å²) in [4.78, 5) is 24.5. The van der Waals surface area contributed by atoms with Crippen LogP contribution in [0.4, 0.5) is 5.00 Å². The van der Waals surface area contributed by atoms with Gasteiger partial charge in [0.15, 0.2) is 0 Å². The van der Waals surface area contributed by atoms with Crippen LogP contribution in [-0.4, -0.2) is 25.2 Å². The highest BCUT2D eigenvalue weighted by Gasteiger charge is 2.24. The van der Waals surface area contributed by atoms with Crippen LogP contribution in [0.3, 0.4) is 0 Å². The molecule has 27 heavy (non-hydrogen) atoms. The molecule has 0 aliphatic carbocycles. The van der Waals surface area contributed by atoms with Gasteiger partial charge in [0.2, 0.25) is 0 Å². The van der Waals surface area contributed by atoms with E-state index in [-0.39, 0.29) is 34.2 Å². The molecule has 2 N–H and O–H groups in total. The summed E-state index contributed by atoms with van der Waals surface area (Å²) in [5, 5.41) is 9.46. The van der Waals surface area contributed by atoms with Gasteiger partial charge < -0.3 is 19.9 Å². The fraction of sp³-hybridized carbons (Fsp3) is 0.316. The number of esters is 2. The highest BCUT2D eigenvalue weighted by atomic mass is 32.1. The summed E-state index contributed by atoms with van der Waals surface area (Å²) in [7, 11) is 0. The number of nitrogens with zero attached hydrogens (tertiary/aromatic N) is 1. The normalized spacial score (nSPS) is 10.1. The first-order chi connectivity index (χ1) is 13.0. The van der Waals surface area contributed by atoms with Crippen LogP contribution in [0.25, 0.3) is 0 Å². The van der Waals surface area contributed by atoms with Gasteiger partial charge in [0.25, 0.3) is 0 Å². The Kier molecular flexibility index (Phi) is 7.20. The van der Waals surface area contributed by atoms with Crippen molar-refractivity contribution in [3.8, 4) is 11.8 Å². The van der Waals surface area contributed by atoms with E-state index in [0.29, 0.717) is 17.9 Å². The number of anilines is 1. The van der Waals surface area contributed by atoms with E-state index in [2.05, 4.69) is 0 Å². The maximum atomic E-state index is 12.3. The highest BCUT2D eigenvalue weighted by molar-refractivity contribution is 7.18. The van der Waals surface area contributed by atoms with E-state index in [1.54, 1.807) is 31.2 Å². The second-order valence-corrected chi connectivity index (χ2v) is 6.48. The zero-order chi connectivity index (χ0) is 19.8. The summed E-state index contributed by atoms with van der Waals surface area (Å²) in [5.74, 6) is -0.518. The maximum absolute atomic E-state index is 12.3. The molecular weight excluding hydrogens is 368 g/mol. The smallest absolute Gasteiger partial charge is 0.348 e. The predicted molar refractivity (Wildman–Crippen MR) is 101 cm³/mol. The molecule has 2 rings (SSSR count). The van der Waals surface area contributed by atoms with Crippen molar-refractivity contribution in [2.75, 3.05) is 18.9 Å². The van der Waals surface area contributed by atoms with E-state index < -0.39 is 11.9 Å². The van der Waals surface area contributed by atoms with Crippen molar-refractivity contribution in [2.24, 2.45) is 0 Å². The summed E-state index contributed by atoms with van der Waals surface area (Å²) in [5.41, 5.74) is 6.51. The Labute approximate surface area is 161 Å². The van der Waals surface area contributed by atoms with Gasteiger partial charge in [0.1, 0.15) is 28.3 Å². The number of hydrogen-bond acceptors (Lipinski definition) is 8. The third kappa shape index (κ3) is 4.99. The molecule has 0 bridgehead atoms. The first-order valence-corrected chi connectivity index (χ1v) is 9.21. The molecule has 0 radical (unpaired) electrons. The van der Waals surface area contributed by atoms with Crippen LogP contribution in [-0.2, 0) is 16.1 Å². The zero-order valence-corrected chi connectivity index (χ0v) is 15.9. The molecule has 0 unspecified atom stereocenters. The Balaban J connectivity index is 2.12. The number of carbonyl (C=O) groups is 2. The van der Waals surface area contributed by atoms with E-state index in [9.17, 15) is 14.9 Å². The van der Waals surface area contributed by atoms with Crippen molar-refractivity contribution >= 4 is 28.3 Å². The van der Waals surface area contributed by atoms with Crippen LogP contribution in [0.5, 0.6) is 5.75 Å². The quantitative estimate of drug-likeness (QED) is 0.689. The van der Waals surface area contributed by atoms with Crippen molar-refractivity contribution in [3.63, 3.8) is 0 Å². The Morgan fingerprint density at radius 3 is 2.44 bits per heavy atom. The first-order valence-electron chi connectivity index (χ1n) is 8.40. The standard InChI is InChI=1S/C19H20N2O5S/c1-3-9-25-13-7-5-12(6-8-13)18(22)26-11-15-14(10-20)17(21)27-16(15)19(23)24-4-2/h5-8H,3-4,9,11,21H2,1-2H3. The first kappa shape index (κ1) is 20.3. The summed E-state index contributed by atoms with van der Waals surface area (Å²) in [6, 6.07) is 8.48. The summed E-state index contributed by atoms with van der Waals surface area (Å²) in [6.07, 6.45) is 0.886. The lowest BCUT2D eigenvalue weighted by Gasteiger charge is -2.08. The zero-order valence-electron chi connectivity index (χ0n) is 15.1. The number of carbonyl (C=O) groups excluding carboxylic acids is 2. The van der Waals surface area contributed by atoms with Crippen molar-refractivity contribution in [2.45, 2.75) is 26.9 Å². The molecule has 0 fully saturated rings. The van der Waals surface area contributed by atoms with Gasteiger partial charge in [0.05, 0.1) is 24.3 Å². The van der Waals surface area contributed by atoms with Crippen LogP contribution < -0.4 is 10.5 Å². The number of nitrogen functional groups attached to an aromatic ring is 1. The van der Waals surface area contributed by atoms with Crippen LogP contribution >= 0.6 is 11.3 Å². The van der Waals surface area contributed by atoms with Gasteiger partial charge in [-0.2, -0.15) is 5.26 Å². The molecule has 2 aromatic rings. The van der Waals surface area contributed by atoms with Crippen molar-refractivity contribution in [3.05, 3.63) is 45.8 Å². The van der Waals surface area contributed by atoms with Gasteiger partial charge in [-0.05, 0) is 37.6 Å². The maximum Gasteiger partial charge on any atom is 0.348 e. The van der Waals surface area contributed by atoms with Crippen molar-refractivity contribution < 1.29 is 23.8 Å². The minimum Gasteiger partial charge on any atom is -0.494 e. The summed E-state index contributed by atoms with van der Waals surface area (Å²) >= 11 is 0.944. The molecule has 142 valence electrons. The van der Waals surface area contributed by atoms with Crippen LogP contribution in [0.1, 0.15) is 51.4 Å². The molecular formula is C19H20N2O5S. The lowest BCUT2D eigenvalue weighted by molar-refractivity contribution is 0.0452. The van der Waals surface area contributed by atoms with Gasteiger partial charge in [-0.25, -0.2) is 9.59 Å². The lowest BCUT2D eigenvalue weighted by atomic mass is 10.1. The average molecular weight is 388 g/mol. The fourth-order valence-electron chi connectivity index (χ4n) is 2.23. The second kappa shape index (κ2) is 9.59. The Morgan fingerprint density at radius 2 is 1.85 bits per heavy atom. The fourth-order valence-corrected chi connectivity index (χ4v) is 3.15. The molecule has 0 atom stereocenters. The van der Waals surface area contributed by atoms with Crippen molar-refractivity contribution in [1.82, 2.24) is 0 Å². The van der Waals surface area contributed by atoms with E-state index in [4.69, 9.17) is 19.9 Å². The minimum atomic E-state index is -0.598. The Morgan fingerprint density at radius 1 is 1.15 bits per heavy atom. The number of thiophene rings is 1. The molecule has 0 aliphatic rings. The number of rotatable bonds is 8. The molecule has 1 aromatic heterocycles. The van der Waals surface area contributed by atoms with Gasteiger partial charge in [0, 0.05) is 5.56 Å². The molecule has 1 aromatic carbocycles. The molecule has 0 aliphatic heterocycles. The second-order valence-electron chi connectivity index (χ2n) is 5.43. The monoisotopic (exact) mass is 388 g/mol. The molecule has 8 heteroatoms. The van der Waals surface area contributed by atoms with Gasteiger partial charge in [-0.15, -0.1) is 11.3 Å². The third-order valence-electron chi connectivity index (χ3n) is 3.52. The minimum absolute atomic E-state index is 0.124. The van der Waals surface area contributed by atoms with Crippen LogP contribution in [0, 0.1) is 11.3 Å². The molecule has 1 heterocycles. The van der Waals surface area contributed by atoms with E-state index in [1.165, 1.54) is 0 Å². The summed E-state index contributed by atoms with van der Waals surface area (Å²) < 4.78 is 15.7. The number of nitrogens with two attached hydrogens (primary N) is 1. The number of benzene rings is 1. The van der Waals surface area contributed by atoms with Crippen molar-refractivity contribution in [1.29, 1.82) is 5.26 Å². The lowest BCUT2D eigenvalue weighted by Crippen LogP contribution is -2.10. The van der Waals surface area contributed by atoms with Gasteiger partial charge >= 0.3 is 11.9 Å². The van der Waals surface area contributed by atoms with Gasteiger partial charge in [-0.1, -0.05) is 6.92 Å². The molecule has 0 saturated carbocycles. The number of ether oxygens (including phenoxy) is 3. The largest absolute Gasteiger partial charge is 0.494 e. The van der Waals surface area contributed by atoms with Crippen LogP contribution in [0.2, 0.25) is 0 Å². The Bertz CT molecular complexity index is 852. The van der Waals surface area contributed by atoms with Gasteiger partial charge in [-0.3, -0.25) is 0 Å². The van der Waals surface area contributed by atoms with E-state index in [0.717, 1.165) is 17.8 Å². The third-order valence-corrected chi connectivity index (χ3v) is 4.56. The number of nitriles is 1. The highest BCUT2D eigenvalue weighted by Crippen LogP contribution is 2.32. The SMILES string of the molecule is CCCOc1ccc(C(=O)OCc2c(C(=O)OCC)sc(N)c2C#N)cc1. The molecule has 0 spiro atoms. The average Bonchev–Trinajstić information content (AvgIpc) is 3.00. The molecule has 7 nitrogen and oxygen atoms in total. The van der Waals surface area contributed by atoms with Crippen LogP contribution in [0.15, 0.2) is 24.3 Å².